The number of hydrogen-bond acceptors (Lipinski definition) is 2. The van der Waals surface area contributed by atoms with Crippen LogP contribution in [0.1, 0.15) is 26.3 Å². The van der Waals surface area contributed by atoms with Crippen molar-refractivity contribution in [1.82, 2.24) is 4.90 Å². The molecule has 1 fully saturated rings. The van der Waals surface area contributed by atoms with Gasteiger partial charge in [0.2, 0.25) is 0 Å². The van der Waals surface area contributed by atoms with Gasteiger partial charge in [-0.05, 0) is 61.9 Å². The summed E-state index contributed by atoms with van der Waals surface area (Å²) in [6, 6.07) is 7.49. The van der Waals surface area contributed by atoms with Crippen LogP contribution in [-0.2, 0) is 6.42 Å². The van der Waals surface area contributed by atoms with Crippen LogP contribution in [0.4, 0.5) is 4.39 Å². The summed E-state index contributed by atoms with van der Waals surface area (Å²) in [5.74, 6) is -0.198. The van der Waals surface area contributed by atoms with Crippen molar-refractivity contribution in [3.8, 4) is 6.07 Å². The van der Waals surface area contributed by atoms with Crippen molar-refractivity contribution >= 4 is 22.6 Å². The van der Waals surface area contributed by atoms with E-state index in [2.05, 4.69) is 54.3 Å². The molecule has 0 bridgehead atoms. The van der Waals surface area contributed by atoms with Gasteiger partial charge in [0.25, 0.3) is 0 Å². The molecule has 1 aliphatic heterocycles. The zero-order valence-electron chi connectivity index (χ0n) is 11.5. The van der Waals surface area contributed by atoms with Gasteiger partial charge in [-0.25, -0.2) is 4.39 Å². The fraction of sp³-hybridized carbons (Fsp3) is 0.533. The molecule has 1 aromatic carbocycles. The molecular weight excluding hydrogens is 354 g/mol. The van der Waals surface area contributed by atoms with E-state index in [9.17, 15) is 9.65 Å². The lowest BCUT2D eigenvalue weighted by atomic mass is 9.74. The van der Waals surface area contributed by atoms with Crippen LogP contribution in [0.5, 0.6) is 0 Å². The van der Waals surface area contributed by atoms with E-state index in [4.69, 9.17) is 0 Å². The van der Waals surface area contributed by atoms with Gasteiger partial charge in [0.1, 0.15) is 5.82 Å². The highest BCUT2D eigenvalue weighted by molar-refractivity contribution is 14.1. The predicted octanol–water partition coefficient (Wildman–Crippen LogP) is 3.60. The second-order valence-corrected chi connectivity index (χ2v) is 7.46. The molecule has 0 aliphatic carbocycles. The topological polar surface area (TPSA) is 27.0 Å². The molecule has 0 radical (unpaired) electrons. The van der Waals surface area contributed by atoms with Crippen LogP contribution in [0, 0.1) is 26.1 Å². The summed E-state index contributed by atoms with van der Waals surface area (Å²) in [5.41, 5.74) is 0.316. The van der Waals surface area contributed by atoms with Crippen LogP contribution in [0.25, 0.3) is 0 Å². The summed E-state index contributed by atoms with van der Waals surface area (Å²) in [4.78, 5) is 2.27. The van der Waals surface area contributed by atoms with Gasteiger partial charge in [0.15, 0.2) is 0 Å². The molecule has 0 aromatic heterocycles. The molecule has 0 amide bonds. The second-order valence-electron chi connectivity index (χ2n) is 6.30. The minimum Gasteiger partial charge on any atom is -0.295 e. The fourth-order valence-corrected chi connectivity index (χ4v) is 3.08. The Hall–Kier alpha value is -0.670. The third kappa shape index (κ3) is 2.92. The smallest absolute Gasteiger partial charge is 0.127 e. The Kier molecular flexibility index (Phi) is 3.90. The quantitative estimate of drug-likeness (QED) is 0.742. The van der Waals surface area contributed by atoms with E-state index in [-0.39, 0.29) is 11.4 Å². The fourth-order valence-electron chi connectivity index (χ4n) is 2.42. The molecule has 1 aromatic rings. The van der Waals surface area contributed by atoms with E-state index in [0.717, 1.165) is 16.7 Å². The number of benzene rings is 1. The maximum Gasteiger partial charge on any atom is 0.127 e. The SMILES string of the molecule is CC(C)(C)N1CC(C#N)(Cc2c(F)cccc2I)C1. The van der Waals surface area contributed by atoms with Crippen LogP contribution in [0.2, 0.25) is 0 Å². The van der Waals surface area contributed by atoms with Crippen molar-refractivity contribution in [2.75, 3.05) is 13.1 Å². The highest BCUT2D eigenvalue weighted by Crippen LogP contribution is 2.39. The molecule has 102 valence electrons. The molecule has 1 saturated heterocycles. The normalized spacial score (nSPS) is 18.7. The minimum absolute atomic E-state index is 0.0722. The molecule has 1 aliphatic rings. The Bertz CT molecular complexity index is 502. The number of rotatable bonds is 2. The number of nitriles is 1. The van der Waals surface area contributed by atoms with Crippen molar-refractivity contribution in [3.05, 3.63) is 33.1 Å². The Labute approximate surface area is 127 Å². The lowest BCUT2D eigenvalue weighted by Gasteiger charge is -2.52. The summed E-state index contributed by atoms with van der Waals surface area (Å²) < 4.78 is 14.8. The van der Waals surface area contributed by atoms with E-state index < -0.39 is 5.41 Å². The standard InChI is InChI=1S/C15H18FIN2/c1-14(2,3)19-9-15(8-18,10-19)7-11-12(16)5-4-6-13(11)17/h4-6H,7,9-10H2,1-3H3. The average molecular weight is 372 g/mol. The third-order valence-electron chi connectivity index (χ3n) is 3.75. The van der Waals surface area contributed by atoms with E-state index in [1.54, 1.807) is 6.07 Å². The number of hydrogen-bond donors (Lipinski definition) is 0. The van der Waals surface area contributed by atoms with E-state index >= 15 is 0 Å². The number of halogens is 2. The van der Waals surface area contributed by atoms with Crippen molar-refractivity contribution < 1.29 is 4.39 Å². The van der Waals surface area contributed by atoms with Crippen LogP contribution < -0.4 is 0 Å². The molecule has 0 spiro atoms. The summed E-state index contributed by atoms with van der Waals surface area (Å²) in [5, 5.41) is 9.46. The molecule has 0 N–H and O–H groups in total. The largest absolute Gasteiger partial charge is 0.295 e. The van der Waals surface area contributed by atoms with Gasteiger partial charge in [-0.3, -0.25) is 4.90 Å². The lowest BCUT2D eigenvalue weighted by Crippen LogP contribution is -2.63. The first-order chi connectivity index (χ1) is 8.77. The number of likely N-dealkylation sites (tertiary alicyclic amines) is 1. The van der Waals surface area contributed by atoms with E-state index in [0.29, 0.717) is 12.0 Å². The molecular formula is C15H18FIN2. The van der Waals surface area contributed by atoms with E-state index in [1.165, 1.54) is 6.07 Å². The molecule has 4 heteroatoms. The molecule has 1 heterocycles. The zero-order chi connectivity index (χ0) is 14.3. The predicted molar refractivity (Wildman–Crippen MR) is 82.2 cm³/mol. The summed E-state index contributed by atoms with van der Waals surface area (Å²) >= 11 is 2.14. The van der Waals surface area contributed by atoms with Gasteiger partial charge >= 0.3 is 0 Å². The molecule has 2 rings (SSSR count). The summed E-state index contributed by atoms with van der Waals surface area (Å²) in [6.45, 7) is 7.86. The molecule has 0 atom stereocenters. The first-order valence-electron chi connectivity index (χ1n) is 6.37. The van der Waals surface area contributed by atoms with E-state index in [1.807, 2.05) is 6.07 Å². The van der Waals surface area contributed by atoms with Crippen LogP contribution in [-0.4, -0.2) is 23.5 Å². The van der Waals surface area contributed by atoms with Crippen molar-refractivity contribution in [1.29, 1.82) is 5.26 Å². The lowest BCUT2D eigenvalue weighted by molar-refractivity contribution is -0.0256. The van der Waals surface area contributed by atoms with Gasteiger partial charge in [-0.15, -0.1) is 0 Å². The first kappa shape index (κ1) is 14.7. The van der Waals surface area contributed by atoms with Crippen molar-refractivity contribution in [2.24, 2.45) is 5.41 Å². The van der Waals surface area contributed by atoms with Crippen LogP contribution in [0.3, 0.4) is 0 Å². The van der Waals surface area contributed by atoms with Gasteiger partial charge in [0, 0.05) is 27.8 Å². The summed E-state index contributed by atoms with van der Waals surface area (Å²) in [6.07, 6.45) is 0.501. The van der Waals surface area contributed by atoms with Gasteiger partial charge in [0.05, 0.1) is 11.5 Å². The maximum atomic E-state index is 13.9. The zero-order valence-corrected chi connectivity index (χ0v) is 13.7. The number of nitrogens with zero attached hydrogens (tertiary/aromatic N) is 2. The van der Waals surface area contributed by atoms with Crippen molar-refractivity contribution in [2.45, 2.75) is 32.7 Å². The Morgan fingerprint density at radius 3 is 2.53 bits per heavy atom. The Morgan fingerprint density at radius 2 is 2.05 bits per heavy atom. The minimum atomic E-state index is -0.435. The molecule has 19 heavy (non-hydrogen) atoms. The molecule has 0 unspecified atom stereocenters. The second kappa shape index (κ2) is 5.02. The molecule has 0 saturated carbocycles. The molecule has 2 nitrogen and oxygen atoms in total. The average Bonchev–Trinajstić information content (AvgIpc) is 2.25. The third-order valence-corrected chi connectivity index (χ3v) is 4.76. The first-order valence-corrected chi connectivity index (χ1v) is 7.44. The highest BCUT2D eigenvalue weighted by atomic mass is 127. The maximum absolute atomic E-state index is 13.9. The Morgan fingerprint density at radius 1 is 1.42 bits per heavy atom. The van der Waals surface area contributed by atoms with Crippen molar-refractivity contribution in [3.63, 3.8) is 0 Å². The van der Waals surface area contributed by atoms with Gasteiger partial charge in [-0.1, -0.05) is 6.07 Å². The van der Waals surface area contributed by atoms with Crippen LogP contribution in [0.15, 0.2) is 18.2 Å². The monoisotopic (exact) mass is 372 g/mol. The van der Waals surface area contributed by atoms with Gasteiger partial charge < -0.3 is 0 Å². The highest BCUT2D eigenvalue weighted by Gasteiger charge is 2.47. The summed E-state index contributed by atoms with van der Waals surface area (Å²) in [7, 11) is 0. The van der Waals surface area contributed by atoms with Crippen LogP contribution >= 0.6 is 22.6 Å². The van der Waals surface area contributed by atoms with Gasteiger partial charge in [-0.2, -0.15) is 5.26 Å². The Balaban J connectivity index is 2.17.